The number of ether oxygens (including phenoxy) is 1. The van der Waals surface area contributed by atoms with E-state index in [0.717, 1.165) is 23.1 Å². The standard InChI is InChI=1S/C33H22Cl2N2O13.K.H/c34-20-7-18-25(9-23(20)38)50-26-10-24(39)21(35)8-19(26)31(18)16-3-1-14(5-17(16)33(47)48)32(46)36-15-2-4-22(27(6-15)49-13-30(44)45)37(11-28(40)41)12-29(42)43;;/h1-10,38H,11-13H2,(H,36,46)(H,40,41)(H,42,43)(H,44,45)(H,47,48);;. The van der Waals surface area contributed by atoms with Crippen LogP contribution in [0.5, 0.6) is 11.5 Å². The number of aliphatic carboxylic acids is 3. The Labute approximate surface area is 338 Å². The van der Waals surface area contributed by atoms with Gasteiger partial charge in [-0.25, -0.2) is 9.59 Å². The summed E-state index contributed by atoms with van der Waals surface area (Å²) in [7, 11) is 0. The third-order valence-corrected chi connectivity index (χ3v) is 7.78. The zero-order chi connectivity index (χ0) is 36.4. The molecule has 18 heteroatoms. The molecule has 1 amide bonds. The van der Waals surface area contributed by atoms with Crippen molar-refractivity contribution in [2.45, 2.75) is 0 Å². The minimum absolute atomic E-state index is 0. The molecule has 6 N–H and O–H groups in total. The van der Waals surface area contributed by atoms with E-state index in [9.17, 15) is 49.2 Å². The number of nitrogens with one attached hydrogen (secondary N) is 1. The summed E-state index contributed by atoms with van der Waals surface area (Å²) in [6.45, 7) is -2.43. The Balaban J connectivity index is 0.00000583. The number of halogens is 2. The third kappa shape index (κ3) is 8.80. The zero-order valence-electron chi connectivity index (χ0n) is 25.1. The van der Waals surface area contributed by atoms with E-state index in [0.29, 0.717) is 0 Å². The monoisotopic (exact) mass is 764 g/mol. The minimum atomic E-state index is -1.45. The van der Waals surface area contributed by atoms with E-state index in [2.05, 4.69) is 5.32 Å². The number of rotatable bonds is 12. The summed E-state index contributed by atoms with van der Waals surface area (Å²) in [6.07, 6.45) is 0. The summed E-state index contributed by atoms with van der Waals surface area (Å²) in [4.78, 5) is 73.2. The van der Waals surface area contributed by atoms with Crippen LogP contribution in [-0.2, 0) is 14.4 Å². The second-order valence-corrected chi connectivity index (χ2v) is 11.4. The number of benzene rings is 4. The fourth-order valence-electron chi connectivity index (χ4n) is 5.14. The number of hydrogen-bond acceptors (Lipinski definition) is 10. The van der Waals surface area contributed by atoms with Crippen LogP contribution in [0.1, 0.15) is 20.7 Å². The number of phenols is 1. The summed E-state index contributed by atoms with van der Waals surface area (Å²) in [5.74, 6) is -6.99. The molecule has 0 spiro atoms. The van der Waals surface area contributed by atoms with Crippen molar-refractivity contribution in [3.05, 3.63) is 92.1 Å². The number of phenolic OH excluding ortho intramolecular Hbond substituents is 1. The molecule has 51 heavy (non-hydrogen) atoms. The molecule has 0 bridgehead atoms. The maximum atomic E-state index is 13.4. The molecule has 258 valence electrons. The number of carboxylic acid groups (broad SMARTS) is 4. The van der Waals surface area contributed by atoms with Crippen LogP contribution in [0.3, 0.4) is 0 Å². The van der Waals surface area contributed by atoms with E-state index in [1.165, 1.54) is 42.5 Å². The van der Waals surface area contributed by atoms with Crippen molar-refractivity contribution >= 4 is 127 Å². The topological polar surface area (TPSA) is 241 Å². The molecule has 0 saturated carbocycles. The van der Waals surface area contributed by atoms with Crippen LogP contribution < -0.4 is 20.4 Å². The summed E-state index contributed by atoms with van der Waals surface area (Å²) < 4.78 is 11.1. The van der Waals surface area contributed by atoms with Crippen LogP contribution in [-0.4, -0.2) is 126 Å². The molecule has 0 atom stereocenters. The number of nitrogens with zero attached hydrogens (tertiary/aromatic N) is 1. The third-order valence-electron chi connectivity index (χ3n) is 7.18. The molecular formula is C33H23Cl2KN2O13. The Morgan fingerprint density at radius 1 is 0.804 bits per heavy atom. The molecule has 0 radical (unpaired) electrons. The van der Waals surface area contributed by atoms with E-state index in [-0.39, 0.29) is 129 Å². The Bertz CT molecular complexity index is 2260. The van der Waals surface area contributed by atoms with Gasteiger partial charge in [0, 0.05) is 46.0 Å². The van der Waals surface area contributed by atoms with Crippen LogP contribution in [0.25, 0.3) is 33.4 Å². The molecule has 2 aliphatic rings. The van der Waals surface area contributed by atoms with Gasteiger partial charge in [0.25, 0.3) is 5.91 Å². The summed E-state index contributed by atoms with van der Waals surface area (Å²) >= 11 is 12.3. The van der Waals surface area contributed by atoms with Crippen LogP contribution in [0.2, 0.25) is 10.0 Å². The predicted octanol–water partition coefficient (Wildman–Crippen LogP) is 4.32. The number of hydrogen-bond donors (Lipinski definition) is 6. The van der Waals surface area contributed by atoms with Crippen molar-refractivity contribution in [1.82, 2.24) is 0 Å². The second-order valence-electron chi connectivity index (χ2n) is 10.6. The molecule has 3 aromatic carbocycles. The molecule has 3 aromatic rings. The van der Waals surface area contributed by atoms with Crippen LogP contribution in [0.15, 0.2) is 69.9 Å². The fourth-order valence-corrected chi connectivity index (χ4v) is 5.46. The molecule has 15 nitrogen and oxygen atoms in total. The number of anilines is 2. The van der Waals surface area contributed by atoms with E-state index in [1.54, 1.807) is 0 Å². The van der Waals surface area contributed by atoms with Crippen molar-refractivity contribution in [3.8, 4) is 33.9 Å². The van der Waals surface area contributed by atoms with Gasteiger partial charge in [-0.05, 0) is 42.0 Å². The average molecular weight is 766 g/mol. The van der Waals surface area contributed by atoms with Gasteiger partial charge in [0.05, 0.1) is 21.3 Å². The van der Waals surface area contributed by atoms with Gasteiger partial charge in [0.1, 0.15) is 35.9 Å². The van der Waals surface area contributed by atoms with E-state index >= 15 is 0 Å². The SMILES string of the molecule is O=C(O)COc1cc(NC(=O)c2ccc(-c3c4cc(Cl)c(=O)cc-4oc4cc(O)c(Cl)cc34)c(C(=O)O)c2)ccc1N(CC(=O)O)CC(=O)O.[KH]. The van der Waals surface area contributed by atoms with Gasteiger partial charge in [-0.3, -0.25) is 19.2 Å². The molecule has 5 rings (SSSR count). The van der Waals surface area contributed by atoms with Gasteiger partial charge in [-0.1, -0.05) is 29.3 Å². The van der Waals surface area contributed by atoms with Crippen LogP contribution in [0, 0.1) is 0 Å². The van der Waals surface area contributed by atoms with Crippen molar-refractivity contribution < 1.29 is 58.7 Å². The molecule has 1 heterocycles. The maximum absolute atomic E-state index is 13.4. The van der Waals surface area contributed by atoms with E-state index in [1.807, 2.05) is 0 Å². The Morgan fingerprint density at radius 2 is 1.49 bits per heavy atom. The fraction of sp³-hybridized carbons (Fsp3) is 0.0909. The number of carbonyl (C=O) groups excluding carboxylic acids is 1. The molecule has 0 unspecified atom stereocenters. The Morgan fingerprint density at radius 3 is 2.12 bits per heavy atom. The first-order valence-electron chi connectivity index (χ1n) is 14.1. The first-order valence-corrected chi connectivity index (χ1v) is 14.8. The molecular weight excluding hydrogens is 742 g/mol. The van der Waals surface area contributed by atoms with Gasteiger partial charge < -0.3 is 44.9 Å². The zero-order valence-corrected chi connectivity index (χ0v) is 26.6. The number of amides is 1. The van der Waals surface area contributed by atoms with Gasteiger partial charge in [0.2, 0.25) is 5.43 Å². The molecule has 0 fully saturated rings. The second kappa shape index (κ2) is 16.1. The van der Waals surface area contributed by atoms with Gasteiger partial charge in [0.15, 0.2) is 6.61 Å². The molecule has 1 aliphatic carbocycles. The van der Waals surface area contributed by atoms with Gasteiger partial charge in [-0.2, -0.15) is 0 Å². The van der Waals surface area contributed by atoms with Gasteiger partial charge >= 0.3 is 75.3 Å². The normalized spacial score (nSPS) is 10.7. The van der Waals surface area contributed by atoms with E-state index < -0.39 is 54.9 Å². The van der Waals surface area contributed by atoms with Crippen molar-refractivity contribution in [1.29, 1.82) is 0 Å². The summed E-state index contributed by atoms with van der Waals surface area (Å²) in [5, 5.41) is 50.6. The number of carbonyl (C=O) groups is 5. The summed E-state index contributed by atoms with van der Waals surface area (Å²) in [5.41, 5.74) is -0.579. The number of aromatic hydroxyl groups is 1. The van der Waals surface area contributed by atoms with Crippen molar-refractivity contribution in [3.63, 3.8) is 0 Å². The first-order chi connectivity index (χ1) is 23.6. The Kier molecular flexibility index (Phi) is 12.4. The number of aromatic carboxylic acids is 1. The number of fused-ring (bicyclic) bond motifs is 2. The van der Waals surface area contributed by atoms with Gasteiger partial charge in [-0.15, -0.1) is 0 Å². The van der Waals surface area contributed by atoms with Crippen LogP contribution in [0.4, 0.5) is 11.4 Å². The quantitative estimate of drug-likeness (QED) is 0.0766. The molecule has 0 saturated heterocycles. The predicted molar refractivity (Wildman–Crippen MR) is 185 cm³/mol. The number of carboxylic acids is 4. The first kappa shape index (κ1) is 39.1. The molecule has 1 aliphatic heterocycles. The van der Waals surface area contributed by atoms with E-state index in [4.69, 9.17) is 37.5 Å². The summed E-state index contributed by atoms with van der Waals surface area (Å²) in [6, 6.07) is 12.3. The Hall–Kier alpha value is -4.68. The van der Waals surface area contributed by atoms with Crippen molar-refractivity contribution in [2.75, 3.05) is 29.9 Å². The molecule has 0 aromatic heterocycles. The average Bonchev–Trinajstić information content (AvgIpc) is 3.03. The van der Waals surface area contributed by atoms with Crippen LogP contribution >= 0.6 is 23.2 Å². The van der Waals surface area contributed by atoms with Crippen molar-refractivity contribution in [2.24, 2.45) is 0 Å².